The van der Waals surface area contributed by atoms with Gasteiger partial charge in [0, 0.05) is 32.8 Å². The summed E-state index contributed by atoms with van der Waals surface area (Å²) in [6.45, 7) is 8.76. The molecule has 0 aromatic carbocycles. The van der Waals surface area contributed by atoms with Crippen molar-refractivity contribution in [2.75, 3.05) is 46.4 Å². The van der Waals surface area contributed by atoms with E-state index in [4.69, 9.17) is 0 Å². The lowest BCUT2D eigenvalue weighted by atomic mass is 9.97. The monoisotopic (exact) mass is 256 g/mol. The highest BCUT2D eigenvalue weighted by atomic mass is 16.3. The van der Waals surface area contributed by atoms with E-state index in [-0.39, 0.29) is 0 Å². The average molecular weight is 256 g/mol. The third-order valence-corrected chi connectivity index (χ3v) is 4.16. The molecule has 0 amide bonds. The molecule has 1 rings (SSSR count). The van der Waals surface area contributed by atoms with E-state index in [1.807, 2.05) is 0 Å². The number of nitrogens with zero attached hydrogens (tertiary/aromatic N) is 2. The van der Waals surface area contributed by atoms with Gasteiger partial charge >= 0.3 is 0 Å². The molecule has 0 bridgehead atoms. The predicted octanol–water partition coefficient (Wildman–Crippen LogP) is 2.20. The van der Waals surface area contributed by atoms with Crippen LogP contribution in [0.15, 0.2) is 0 Å². The van der Waals surface area contributed by atoms with Gasteiger partial charge in [-0.3, -0.25) is 0 Å². The van der Waals surface area contributed by atoms with Gasteiger partial charge < -0.3 is 14.9 Å². The van der Waals surface area contributed by atoms with Crippen LogP contribution in [0.2, 0.25) is 0 Å². The van der Waals surface area contributed by atoms with Gasteiger partial charge in [0.25, 0.3) is 0 Å². The summed E-state index contributed by atoms with van der Waals surface area (Å²) in [5, 5.41) is 9.31. The Kier molecular flexibility index (Phi) is 8.64. The zero-order chi connectivity index (χ0) is 13.2. The number of hydrogen-bond donors (Lipinski definition) is 1. The minimum absolute atomic E-state index is 0.383. The Morgan fingerprint density at radius 3 is 2.28 bits per heavy atom. The van der Waals surface area contributed by atoms with Crippen molar-refractivity contribution in [1.82, 2.24) is 9.80 Å². The van der Waals surface area contributed by atoms with Crippen LogP contribution in [0, 0.1) is 5.92 Å². The Labute approximate surface area is 113 Å². The second-order valence-corrected chi connectivity index (χ2v) is 5.83. The van der Waals surface area contributed by atoms with Crippen molar-refractivity contribution < 1.29 is 5.11 Å². The standard InChI is InChI=1S/C15H32N2O/c1-3-4-7-15(14-18)8-5-6-9-17-12-10-16(2)11-13-17/h15,18H,3-14H2,1-2H3/t15-/m1/s1. The summed E-state index contributed by atoms with van der Waals surface area (Å²) in [5.41, 5.74) is 0. The Hall–Kier alpha value is -0.120. The van der Waals surface area contributed by atoms with Crippen molar-refractivity contribution in [3.8, 4) is 0 Å². The molecule has 1 aliphatic heterocycles. The van der Waals surface area contributed by atoms with Gasteiger partial charge in [-0.25, -0.2) is 0 Å². The maximum absolute atomic E-state index is 9.31. The molecule has 0 saturated carbocycles. The Morgan fingerprint density at radius 2 is 1.67 bits per heavy atom. The summed E-state index contributed by atoms with van der Waals surface area (Å²) in [7, 11) is 2.21. The summed E-state index contributed by atoms with van der Waals surface area (Å²) in [5.74, 6) is 0.553. The van der Waals surface area contributed by atoms with Crippen LogP contribution in [-0.4, -0.2) is 61.3 Å². The van der Waals surface area contributed by atoms with Crippen LogP contribution < -0.4 is 0 Å². The van der Waals surface area contributed by atoms with E-state index in [0.717, 1.165) is 0 Å². The number of aliphatic hydroxyl groups excluding tert-OH is 1. The molecular formula is C15H32N2O. The largest absolute Gasteiger partial charge is 0.396 e. The van der Waals surface area contributed by atoms with Crippen LogP contribution in [0.3, 0.4) is 0 Å². The first-order chi connectivity index (χ1) is 8.76. The third-order valence-electron chi connectivity index (χ3n) is 4.16. The lowest BCUT2D eigenvalue weighted by molar-refractivity contribution is 0.149. The zero-order valence-electron chi connectivity index (χ0n) is 12.4. The fourth-order valence-corrected chi connectivity index (χ4v) is 2.66. The molecule has 0 unspecified atom stereocenters. The molecule has 1 saturated heterocycles. The molecule has 1 N–H and O–H groups in total. The van der Waals surface area contributed by atoms with E-state index in [0.29, 0.717) is 12.5 Å². The quantitative estimate of drug-likeness (QED) is 0.641. The molecule has 1 atom stereocenters. The fourth-order valence-electron chi connectivity index (χ4n) is 2.66. The summed E-state index contributed by atoms with van der Waals surface area (Å²) < 4.78 is 0. The van der Waals surface area contributed by atoms with Crippen molar-refractivity contribution in [1.29, 1.82) is 0 Å². The predicted molar refractivity (Wildman–Crippen MR) is 77.9 cm³/mol. The molecule has 0 radical (unpaired) electrons. The lowest BCUT2D eigenvalue weighted by Gasteiger charge is -2.32. The van der Waals surface area contributed by atoms with Crippen LogP contribution in [-0.2, 0) is 0 Å². The first-order valence-electron chi connectivity index (χ1n) is 7.78. The highest BCUT2D eigenvalue weighted by Gasteiger charge is 2.13. The minimum atomic E-state index is 0.383. The van der Waals surface area contributed by atoms with Crippen molar-refractivity contribution in [3.05, 3.63) is 0 Å². The van der Waals surface area contributed by atoms with Gasteiger partial charge in [0.1, 0.15) is 0 Å². The molecule has 3 heteroatoms. The van der Waals surface area contributed by atoms with E-state index in [1.165, 1.54) is 71.2 Å². The van der Waals surface area contributed by atoms with Gasteiger partial charge in [0.15, 0.2) is 0 Å². The smallest absolute Gasteiger partial charge is 0.0459 e. The molecule has 1 aliphatic rings. The van der Waals surface area contributed by atoms with Crippen molar-refractivity contribution in [2.45, 2.75) is 45.4 Å². The van der Waals surface area contributed by atoms with Crippen molar-refractivity contribution in [2.24, 2.45) is 5.92 Å². The highest BCUT2D eigenvalue weighted by molar-refractivity contribution is 4.69. The second-order valence-electron chi connectivity index (χ2n) is 5.83. The van der Waals surface area contributed by atoms with E-state index in [2.05, 4.69) is 23.8 Å². The molecule has 0 aromatic rings. The minimum Gasteiger partial charge on any atom is -0.396 e. The van der Waals surface area contributed by atoms with Crippen LogP contribution in [0.25, 0.3) is 0 Å². The van der Waals surface area contributed by atoms with Crippen molar-refractivity contribution in [3.63, 3.8) is 0 Å². The Balaban J connectivity index is 1.99. The summed E-state index contributed by atoms with van der Waals surface area (Å²) in [6.07, 6.45) is 7.51. The van der Waals surface area contributed by atoms with Crippen LogP contribution in [0.5, 0.6) is 0 Å². The Bertz CT molecular complexity index is 184. The molecule has 1 heterocycles. The van der Waals surface area contributed by atoms with Gasteiger partial charge in [-0.1, -0.05) is 26.2 Å². The topological polar surface area (TPSA) is 26.7 Å². The van der Waals surface area contributed by atoms with Crippen LogP contribution in [0.4, 0.5) is 0 Å². The first kappa shape index (κ1) is 15.9. The fraction of sp³-hybridized carbons (Fsp3) is 1.00. The molecular weight excluding hydrogens is 224 g/mol. The van der Waals surface area contributed by atoms with Crippen LogP contribution in [0.1, 0.15) is 45.4 Å². The van der Waals surface area contributed by atoms with Gasteiger partial charge in [-0.05, 0) is 38.8 Å². The van der Waals surface area contributed by atoms with Gasteiger partial charge in [-0.2, -0.15) is 0 Å². The van der Waals surface area contributed by atoms with E-state index in [9.17, 15) is 5.11 Å². The zero-order valence-corrected chi connectivity index (χ0v) is 12.4. The number of hydrogen-bond acceptors (Lipinski definition) is 3. The Morgan fingerprint density at radius 1 is 1.00 bits per heavy atom. The SMILES string of the molecule is CCCC[C@@H](CO)CCCCN1CCN(C)CC1. The average Bonchev–Trinajstić information content (AvgIpc) is 2.40. The molecule has 0 spiro atoms. The normalized spacial score (nSPS) is 20.2. The molecule has 18 heavy (non-hydrogen) atoms. The summed E-state index contributed by atoms with van der Waals surface area (Å²) in [6, 6.07) is 0. The summed E-state index contributed by atoms with van der Waals surface area (Å²) >= 11 is 0. The number of rotatable bonds is 9. The number of piperazine rings is 1. The van der Waals surface area contributed by atoms with Gasteiger partial charge in [0.05, 0.1) is 0 Å². The summed E-state index contributed by atoms with van der Waals surface area (Å²) in [4.78, 5) is 4.99. The number of likely N-dealkylation sites (N-methyl/N-ethyl adjacent to an activating group) is 1. The van der Waals surface area contributed by atoms with Gasteiger partial charge in [0.2, 0.25) is 0 Å². The number of unbranched alkanes of at least 4 members (excludes halogenated alkanes) is 2. The van der Waals surface area contributed by atoms with Crippen molar-refractivity contribution >= 4 is 0 Å². The van der Waals surface area contributed by atoms with E-state index in [1.54, 1.807) is 0 Å². The maximum Gasteiger partial charge on any atom is 0.0459 e. The lowest BCUT2D eigenvalue weighted by Crippen LogP contribution is -2.44. The maximum atomic E-state index is 9.31. The molecule has 1 fully saturated rings. The second kappa shape index (κ2) is 9.76. The molecule has 108 valence electrons. The molecule has 0 aliphatic carbocycles. The molecule has 3 nitrogen and oxygen atoms in total. The van der Waals surface area contributed by atoms with Gasteiger partial charge in [-0.15, -0.1) is 0 Å². The van der Waals surface area contributed by atoms with E-state index >= 15 is 0 Å². The molecule has 0 aromatic heterocycles. The highest BCUT2D eigenvalue weighted by Crippen LogP contribution is 2.15. The van der Waals surface area contributed by atoms with Crippen LogP contribution >= 0.6 is 0 Å². The third kappa shape index (κ3) is 6.72. The first-order valence-corrected chi connectivity index (χ1v) is 7.78. The number of aliphatic hydroxyl groups is 1. The van der Waals surface area contributed by atoms with E-state index < -0.39 is 0 Å².